The molecule has 0 radical (unpaired) electrons. The van der Waals surface area contributed by atoms with Crippen molar-refractivity contribution in [1.29, 1.82) is 0 Å². The molecular weight excluding hydrogens is 266 g/mol. The van der Waals surface area contributed by atoms with Gasteiger partial charge in [0.2, 0.25) is 5.95 Å². The number of rotatable bonds is 7. The maximum Gasteiger partial charge on any atom is 0.313 e. The first kappa shape index (κ1) is 15.8. The van der Waals surface area contributed by atoms with Crippen molar-refractivity contribution in [2.24, 2.45) is 5.92 Å². The van der Waals surface area contributed by atoms with Gasteiger partial charge in [0.05, 0.1) is 11.8 Å². The first-order valence-corrected chi connectivity index (χ1v) is 7.01. The summed E-state index contributed by atoms with van der Waals surface area (Å²) in [5.41, 5.74) is 5.87. The van der Waals surface area contributed by atoms with Crippen LogP contribution in [0, 0.1) is 5.92 Å². The predicted octanol–water partition coefficient (Wildman–Crippen LogP) is 0.796. The first-order valence-electron chi connectivity index (χ1n) is 6.02. The molecule has 0 fully saturated rings. The van der Waals surface area contributed by atoms with Gasteiger partial charge in [0.15, 0.2) is 5.16 Å². The summed E-state index contributed by atoms with van der Waals surface area (Å²) in [6.45, 7) is 4.99. The second kappa shape index (κ2) is 6.76. The lowest BCUT2D eigenvalue weighted by atomic mass is 10.0. The Labute approximate surface area is 117 Å². The fraction of sp³-hybridized carbons (Fsp3) is 0.727. The van der Waals surface area contributed by atoms with Crippen molar-refractivity contribution in [3.63, 3.8) is 0 Å². The Morgan fingerprint density at radius 1 is 1.47 bits per heavy atom. The highest BCUT2D eigenvalue weighted by Gasteiger charge is 2.23. The van der Waals surface area contributed by atoms with Crippen LogP contribution in [0.4, 0.5) is 5.95 Å². The van der Waals surface area contributed by atoms with Crippen LogP contribution in [0.25, 0.3) is 0 Å². The van der Waals surface area contributed by atoms with E-state index in [1.807, 2.05) is 18.7 Å². The summed E-state index contributed by atoms with van der Waals surface area (Å²) in [5, 5.41) is 17.1. The molecule has 0 aliphatic rings. The third-order valence-electron chi connectivity index (χ3n) is 2.67. The summed E-state index contributed by atoms with van der Waals surface area (Å²) in [5.74, 6) is -0.268. The highest BCUT2D eigenvalue weighted by atomic mass is 32.2. The molecule has 1 rings (SSSR count). The van der Waals surface area contributed by atoms with E-state index >= 15 is 0 Å². The molecule has 1 atom stereocenters. The van der Waals surface area contributed by atoms with Gasteiger partial charge in [0.1, 0.15) is 0 Å². The third kappa shape index (κ3) is 4.39. The van der Waals surface area contributed by atoms with Crippen LogP contribution in [0.5, 0.6) is 0 Å². The molecule has 0 aromatic carbocycles. The summed E-state index contributed by atoms with van der Waals surface area (Å²) in [6.07, 6.45) is 0. The highest BCUT2D eigenvalue weighted by molar-refractivity contribution is 7.99. The number of nitrogen functional groups attached to an aromatic ring is 1. The van der Waals surface area contributed by atoms with Crippen LogP contribution < -0.4 is 5.73 Å². The summed E-state index contributed by atoms with van der Waals surface area (Å²) >= 11 is 1.14. The molecule has 3 N–H and O–H groups in total. The number of likely N-dealkylation sites (N-methyl/N-ethyl adjacent to an activating group) is 1. The molecule has 0 aliphatic heterocycles. The van der Waals surface area contributed by atoms with Crippen LogP contribution >= 0.6 is 11.8 Å². The van der Waals surface area contributed by atoms with Crippen molar-refractivity contribution in [3.05, 3.63) is 0 Å². The monoisotopic (exact) mass is 287 g/mol. The average molecular weight is 287 g/mol. The van der Waals surface area contributed by atoms with Gasteiger partial charge in [-0.25, -0.2) is 0 Å². The van der Waals surface area contributed by atoms with Crippen molar-refractivity contribution in [2.75, 3.05) is 32.1 Å². The van der Waals surface area contributed by atoms with Gasteiger partial charge >= 0.3 is 5.97 Å². The standard InChI is InChI=1S/C11H21N5O2S/c1-7(2)8(5-15(3)4)16-10(12)13-14-11(16)19-6-9(17)18/h7-8H,5-6H2,1-4H3,(H2,12,13)(H,17,18). The molecule has 7 nitrogen and oxygen atoms in total. The lowest BCUT2D eigenvalue weighted by Crippen LogP contribution is -2.29. The minimum atomic E-state index is -0.883. The van der Waals surface area contributed by atoms with E-state index in [-0.39, 0.29) is 11.8 Å². The van der Waals surface area contributed by atoms with Crippen molar-refractivity contribution in [1.82, 2.24) is 19.7 Å². The molecule has 0 bridgehead atoms. The van der Waals surface area contributed by atoms with Crippen LogP contribution in [-0.2, 0) is 4.79 Å². The van der Waals surface area contributed by atoms with E-state index in [0.717, 1.165) is 18.3 Å². The van der Waals surface area contributed by atoms with Gasteiger partial charge in [-0.15, -0.1) is 10.2 Å². The van der Waals surface area contributed by atoms with Crippen molar-refractivity contribution in [3.8, 4) is 0 Å². The smallest absolute Gasteiger partial charge is 0.313 e. The second-order valence-corrected chi connectivity index (χ2v) is 5.91. The number of aliphatic carboxylic acids is 1. The second-order valence-electron chi connectivity index (χ2n) is 4.97. The Kier molecular flexibility index (Phi) is 5.61. The Balaban J connectivity index is 3.00. The van der Waals surface area contributed by atoms with Crippen LogP contribution in [0.1, 0.15) is 19.9 Å². The van der Waals surface area contributed by atoms with E-state index in [9.17, 15) is 4.79 Å². The molecule has 0 saturated carbocycles. The maximum atomic E-state index is 10.7. The topological polar surface area (TPSA) is 97.3 Å². The van der Waals surface area contributed by atoms with Gasteiger partial charge in [0.25, 0.3) is 0 Å². The quantitative estimate of drug-likeness (QED) is 0.716. The number of nitrogens with zero attached hydrogens (tertiary/aromatic N) is 4. The molecule has 19 heavy (non-hydrogen) atoms. The van der Waals surface area contributed by atoms with Crippen molar-refractivity contribution >= 4 is 23.7 Å². The van der Waals surface area contributed by atoms with Gasteiger partial charge in [-0.1, -0.05) is 25.6 Å². The number of carboxylic acids is 1. The highest BCUT2D eigenvalue weighted by Crippen LogP contribution is 2.27. The zero-order valence-electron chi connectivity index (χ0n) is 11.7. The normalized spacial score (nSPS) is 13.2. The molecule has 1 aromatic heterocycles. The SMILES string of the molecule is CC(C)C(CN(C)C)n1c(N)nnc1SCC(=O)O. The van der Waals surface area contributed by atoms with Gasteiger partial charge in [0, 0.05) is 6.54 Å². The molecule has 8 heteroatoms. The molecular formula is C11H21N5O2S. The number of hydrogen-bond acceptors (Lipinski definition) is 6. The number of anilines is 1. The molecule has 0 aliphatic carbocycles. The number of carboxylic acid groups (broad SMARTS) is 1. The van der Waals surface area contributed by atoms with Crippen LogP contribution in [0.15, 0.2) is 5.16 Å². The summed E-state index contributed by atoms with van der Waals surface area (Å²) in [4.78, 5) is 12.7. The maximum absolute atomic E-state index is 10.7. The van der Waals surface area contributed by atoms with Gasteiger partial charge in [-0.2, -0.15) is 0 Å². The van der Waals surface area contributed by atoms with E-state index in [1.54, 1.807) is 0 Å². The number of aromatic nitrogens is 3. The third-order valence-corrected chi connectivity index (χ3v) is 3.60. The Bertz CT molecular complexity index is 433. The zero-order valence-corrected chi connectivity index (χ0v) is 12.5. The van der Waals surface area contributed by atoms with E-state index in [4.69, 9.17) is 10.8 Å². The lowest BCUT2D eigenvalue weighted by Gasteiger charge is -2.27. The van der Waals surface area contributed by atoms with Crippen molar-refractivity contribution in [2.45, 2.75) is 25.0 Å². The first-order chi connectivity index (χ1) is 8.82. The van der Waals surface area contributed by atoms with Crippen LogP contribution in [0.3, 0.4) is 0 Å². The van der Waals surface area contributed by atoms with Gasteiger partial charge in [-0.3, -0.25) is 9.36 Å². The van der Waals surface area contributed by atoms with Gasteiger partial charge < -0.3 is 15.7 Å². The summed E-state index contributed by atoms with van der Waals surface area (Å²) in [7, 11) is 3.97. The minimum absolute atomic E-state index is 0.0507. The van der Waals surface area contributed by atoms with Crippen LogP contribution in [-0.4, -0.2) is 57.1 Å². The average Bonchev–Trinajstić information content (AvgIpc) is 2.64. The molecule has 0 amide bonds. The number of hydrogen-bond donors (Lipinski definition) is 2. The zero-order chi connectivity index (χ0) is 14.6. The van der Waals surface area contributed by atoms with Crippen LogP contribution in [0.2, 0.25) is 0 Å². The van der Waals surface area contributed by atoms with Gasteiger partial charge in [-0.05, 0) is 20.0 Å². The van der Waals surface area contributed by atoms with E-state index < -0.39 is 5.97 Å². The molecule has 0 saturated heterocycles. The summed E-state index contributed by atoms with van der Waals surface area (Å²) < 4.78 is 1.83. The fourth-order valence-electron chi connectivity index (χ4n) is 1.79. The van der Waals surface area contributed by atoms with E-state index in [1.165, 1.54) is 0 Å². The fourth-order valence-corrected chi connectivity index (χ4v) is 2.51. The van der Waals surface area contributed by atoms with Crippen molar-refractivity contribution < 1.29 is 9.90 Å². The van der Waals surface area contributed by atoms with E-state index in [2.05, 4.69) is 28.9 Å². The predicted molar refractivity (Wildman–Crippen MR) is 75.2 cm³/mol. The largest absolute Gasteiger partial charge is 0.481 e. The number of thioether (sulfide) groups is 1. The molecule has 1 unspecified atom stereocenters. The molecule has 1 aromatic rings. The minimum Gasteiger partial charge on any atom is -0.481 e. The molecule has 108 valence electrons. The van der Waals surface area contributed by atoms with E-state index in [0.29, 0.717) is 17.0 Å². The number of nitrogens with two attached hydrogens (primary N) is 1. The Morgan fingerprint density at radius 2 is 2.11 bits per heavy atom. The molecule has 1 heterocycles. The number of carbonyl (C=O) groups is 1. The summed E-state index contributed by atoms with van der Waals surface area (Å²) in [6, 6.07) is 0.112. The molecule has 0 spiro atoms. The lowest BCUT2D eigenvalue weighted by molar-refractivity contribution is -0.133. The Hall–Kier alpha value is -1.28. The Morgan fingerprint density at radius 3 is 2.58 bits per heavy atom.